The molecule has 0 spiro atoms. The fraction of sp³-hybridized carbons (Fsp3) is 0.500. The first kappa shape index (κ1) is 7.74. The molecule has 2 rings (SSSR count). The lowest BCUT2D eigenvalue weighted by atomic mass is 10.1. The summed E-state index contributed by atoms with van der Waals surface area (Å²) in [7, 11) is 0. The molecule has 1 heterocycles. The SMILES string of the molecule is CC(NC1CC1)c1ccncc1. The van der Waals surface area contributed by atoms with Crippen LogP contribution < -0.4 is 5.32 Å². The van der Waals surface area contributed by atoms with Crippen LogP contribution in [0.2, 0.25) is 0 Å². The Balaban J connectivity index is 1.98. The highest BCUT2D eigenvalue weighted by molar-refractivity contribution is 5.14. The molecule has 1 saturated carbocycles. The minimum Gasteiger partial charge on any atom is -0.307 e. The van der Waals surface area contributed by atoms with Gasteiger partial charge in [-0.2, -0.15) is 0 Å². The third-order valence-corrected chi connectivity index (χ3v) is 2.27. The van der Waals surface area contributed by atoms with Crippen molar-refractivity contribution in [2.45, 2.75) is 31.8 Å². The van der Waals surface area contributed by atoms with Crippen LogP contribution in [0.1, 0.15) is 31.4 Å². The smallest absolute Gasteiger partial charge is 0.0295 e. The van der Waals surface area contributed by atoms with E-state index in [2.05, 4.69) is 29.4 Å². The van der Waals surface area contributed by atoms with Crippen molar-refractivity contribution in [3.05, 3.63) is 30.1 Å². The van der Waals surface area contributed by atoms with E-state index in [4.69, 9.17) is 0 Å². The lowest BCUT2D eigenvalue weighted by molar-refractivity contribution is 0.570. The van der Waals surface area contributed by atoms with Gasteiger partial charge >= 0.3 is 0 Å². The fourth-order valence-corrected chi connectivity index (χ4v) is 1.35. The maximum Gasteiger partial charge on any atom is 0.0295 e. The van der Waals surface area contributed by atoms with E-state index in [1.165, 1.54) is 18.4 Å². The second kappa shape index (κ2) is 3.23. The third kappa shape index (κ3) is 1.83. The topological polar surface area (TPSA) is 24.9 Å². The number of hydrogen-bond acceptors (Lipinski definition) is 2. The van der Waals surface area contributed by atoms with Crippen LogP contribution in [0.4, 0.5) is 0 Å². The first-order chi connectivity index (χ1) is 5.86. The number of aromatic nitrogens is 1. The van der Waals surface area contributed by atoms with Gasteiger partial charge in [-0.25, -0.2) is 0 Å². The van der Waals surface area contributed by atoms with Crippen molar-refractivity contribution >= 4 is 0 Å². The van der Waals surface area contributed by atoms with Gasteiger partial charge in [-0.1, -0.05) is 0 Å². The van der Waals surface area contributed by atoms with E-state index in [0.717, 1.165) is 6.04 Å². The number of pyridine rings is 1. The van der Waals surface area contributed by atoms with Gasteiger partial charge in [0.15, 0.2) is 0 Å². The molecule has 12 heavy (non-hydrogen) atoms. The Kier molecular flexibility index (Phi) is 2.09. The van der Waals surface area contributed by atoms with Crippen molar-refractivity contribution in [2.24, 2.45) is 0 Å². The molecule has 1 aliphatic carbocycles. The fourth-order valence-electron chi connectivity index (χ4n) is 1.35. The Hall–Kier alpha value is -0.890. The summed E-state index contributed by atoms with van der Waals surface area (Å²) >= 11 is 0. The van der Waals surface area contributed by atoms with E-state index in [1.807, 2.05) is 12.4 Å². The zero-order valence-electron chi connectivity index (χ0n) is 7.33. The van der Waals surface area contributed by atoms with Crippen molar-refractivity contribution in [1.82, 2.24) is 10.3 Å². The molecule has 0 aliphatic heterocycles. The molecule has 2 nitrogen and oxygen atoms in total. The molecule has 1 fully saturated rings. The molecule has 1 aliphatic rings. The van der Waals surface area contributed by atoms with E-state index in [-0.39, 0.29) is 0 Å². The molecule has 1 unspecified atom stereocenters. The molecular formula is C10H14N2. The van der Waals surface area contributed by atoms with Crippen LogP contribution in [0.5, 0.6) is 0 Å². The van der Waals surface area contributed by atoms with Gasteiger partial charge < -0.3 is 5.32 Å². The largest absolute Gasteiger partial charge is 0.307 e. The van der Waals surface area contributed by atoms with Gasteiger partial charge in [-0.15, -0.1) is 0 Å². The van der Waals surface area contributed by atoms with E-state index in [1.54, 1.807) is 0 Å². The zero-order valence-corrected chi connectivity index (χ0v) is 7.33. The molecule has 0 aromatic carbocycles. The summed E-state index contributed by atoms with van der Waals surface area (Å²) in [5.74, 6) is 0. The summed E-state index contributed by atoms with van der Waals surface area (Å²) in [5, 5.41) is 3.54. The molecule has 0 radical (unpaired) electrons. The standard InChI is InChI=1S/C10H14N2/c1-8(12-10-2-3-10)9-4-6-11-7-5-9/h4-8,10,12H,2-3H2,1H3. The third-order valence-electron chi connectivity index (χ3n) is 2.27. The molecule has 1 aromatic heterocycles. The van der Waals surface area contributed by atoms with Crippen molar-refractivity contribution in [1.29, 1.82) is 0 Å². The normalized spacial score (nSPS) is 19.1. The van der Waals surface area contributed by atoms with Gasteiger partial charge in [-0.05, 0) is 37.5 Å². The minimum atomic E-state index is 0.473. The van der Waals surface area contributed by atoms with Crippen LogP contribution in [0.15, 0.2) is 24.5 Å². The van der Waals surface area contributed by atoms with Crippen LogP contribution in [0, 0.1) is 0 Å². The Morgan fingerprint density at radius 3 is 2.67 bits per heavy atom. The number of rotatable bonds is 3. The molecular weight excluding hydrogens is 148 g/mol. The van der Waals surface area contributed by atoms with E-state index < -0.39 is 0 Å². The van der Waals surface area contributed by atoms with Crippen molar-refractivity contribution in [3.63, 3.8) is 0 Å². The second-order valence-electron chi connectivity index (χ2n) is 3.44. The Morgan fingerprint density at radius 2 is 2.08 bits per heavy atom. The molecule has 0 saturated heterocycles. The predicted molar refractivity (Wildman–Crippen MR) is 48.8 cm³/mol. The van der Waals surface area contributed by atoms with Gasteiger partial charge in [-0.3, -0.25) is 4.98 Å². The number of nitrogens with one attached hydrogen (secondary N) is 1. The van der Waals surface area contributed by atoms with E-state index >= 15 is 0 Å². The lowest BCUT2D eigenvalue weighted by Gasteiger charge is -2.12. The van der Waals surface area contributed by atoms with E-state index in [9.17, 15) is 0 Å². The average molecular weight is 162 g/mol. The first-order valence-electron chi connectivity index (χ1n) is 4.52. The van der Waals surface area contributed by atoms with Crippen LogP contribution in [0.3, 0.4) is 0 Å². The van der Waals surface area contributed by atoms with Gasteiger partial charge in [0.1, 0.15) is 0 Å². The van der Waals surface area contributed by atoms with Gasteiger partial charge in [0.25, 0.3) is 0 Å². The van der Waals surface area contributed by atoms with Crippen molar-refractivity contribution in [2.75, 3.05) is 0 Å². The summed E-state index contributed by atoms with van der Waals surface area (Å²) in [5.41, 5.74) is 1.33. The average Bonchev–Trinajstić information content (AvgIpc) is 2.90. The van der Waals surface area contributed by atoms with E-state index in [0.29, 0.717) is 6.04 Å². The highest BCUT2D eigenvalue weighted by atomic mass is 15.0. The Labute approximate surface area is 73.0 Å². The summed E-state index contributed by atoms with van der Waals surface area (Å²) in [4.78, 5) is 3.99. The molecule has 2 heteroatoms. The molecule has 1 atom stereocenters. The summed E-state index contributed by atoms with van der Waals surface area (Å²) in [6.45, 7) is 2.20. The van der Waals surface area contributed by atoms with Crippen LogP contribution >= 0.6 is 0 Å². The summed E-state index contributed by atoms with van der Waals surface area (Å²) < 4.78 is 0. The first-order valence-corrected chi connectivity index (χ1v) is 4.52. The van der Waals surface area contributed by atoms with Gasteiger partial charge in [0.2, 0.25) is 0 Å². The molecule has 0 bridgehead atoms. The molecule has 1 N–H and O–H groups in total. The number of nitrogens with zero attached hydrogens (tertiary/aromatic N) is 1. The van der Waals surface area contributed by atoms with Gasteiger partial charge in [0.05, 0.1) is 0 Å². The zero-order chi connectivity index (χ0) is 8.39. The van der Waals surface area contributed by atoms with Crippen molar-refractivity contribution in [3.8, 4) is 0 Å². The quantitative estimate of drug-likeness (QED) is 0.734. The van der Waals surface area contributed by atoms with Crippen LogP contribution in [-0.4, -0.2) is 11.0 Å². The maximum atomic E-state index is 3.99. The predicted octanol–water partition coefficient (Wildman–Crippen LogP) is 1.89. The van der Waals surface area contributed by atoms with Crippen LogP contribution in [-0.2, 0) is 0 Å². The monoisotopic (exact) mass is 162 g/mol. The highest BCUT2D eigenvalue weighted by Crippen LogP contribution is 2.23. The van der Waals surface area contributed by atoms with Crippen molar-refractivity contribution < 1.29 is 0 Å². The highest BCUT2D eigenvalue weighted by Gasteiger charge is 2.22. The molecule has 0 amide bonds. The number of hydrogen-bond donors (Lipinski definition) is 1. The lowest BCUT2D eigenvalue weighted by Crippen LogP contribution is -2.20. The second-order valence-corrected chi connectivity index (χ2v) is 3.44. The Morgan fingerprint density at radius 1 is 1.42 bits per heavy atom. The minimum absolute atomic E-state index is 0.473. The van der Waals surface area contributed by atoms with Gasteiger partial charge in [0, 0.05) is 24.5 Å². The summed E-state index contributed by atoms with van der Waals surface area (Å²) in [6, 6.07) is 5.38. The van der Waals surface area contributed by atoms with Crippen LogP contribution in [0.25, 0.3) is 0 Å². The Bertz CT molecular complexity index is 241. The molecule has 1 aromatic rings. The maximum absolute atomic E-state index is 3.99. The molecule has 64 valence electrons. The summed E-state index contributed by atoms with van der Waals surface area (Å²) in [6.07, 6.45) is 6.38.